The number of carbonyl (C=O) groups is 1. The highest BCUT2D eigenvalue weighted by atomic mass is 79.9. The molecular formula is C13H14BrNO6. The first kappa shape index (κ1) is 15.9. The van der Waals surface area contributed by atoms with Gasteiger partial charge >= 0.3 is 5.69 Å². The molecule has 0 radical (unpaired) electrons. The molecule has 2 rings (SSSR count). The van der Waals surface area contributed by atoms with Gasteiger partial charge in [-0.3, -0.25) is 14.9 Å². The Bertz CT molecular complexity index is 549. The van der Waals surface area contributed by atoms with Crippen LogP contribution in [0.2, 0.25) is 0 Å². The van der Waals surface area contributed by atoms with Crippen LogP contribution in [0.4, 0.5) is 5.69 Å². The molecule has 0 saturated heterocycles. The fraction of sp³-hybridized carbons (Fsp3) is 0.462. The van der Waals surface area contributed by atoms with E-state index in [0.717, 1.165) is 0 Å². The number of rotatable bonds is 7. The number of benzene rings is 1. The van der Waals surface area contributed by atoms with Gasteiger partial charge in [0.25, 0.3) is 0 Å². The molecule has 1 aromatic rings. The van der Waals surface area contributed by atoms with E-state index < -0.39 is 17.1 Å². The molecular weight excluding hydrogens is 346 g/mol. The first-order valence-electron chi connectivity index (χ1n) is 6.27. The van der Waals surface area contributed by atoms with Gasteiger partial charge < -0.3 is 14.2 Å². The Morgan fingerprint density at radius 1 is 1.43 bits per heavy atom. The number of ether oxygens (including phenoxy) is 3. The van der Waals surface area contributed by atoms with Gasteiger partial charge in [0, 0.05) is 19.6 Å². The zero-order valence-electron chi connectivity index (χ0n) is 11.3. The van der Waals surface area contributed by atoms with E-state index in [1.807, 2.05) is 0 Å². The van der Waals surface area contributed by atoms with Gasteiger partial charge in [-0.25, -0.2) is 0 Å². The monoisotopic (exact) mass is 359 g/mol. The minimum absolute atomic E-state index is 0.0780. The fourth-order valence-electron chi connectivity index (χ4n) is 1.94. The van der Waals surface area contributed by atoms with Crippen LogP contribution in [0.3, 0.4) is 0 Å². The van der Waals surface area contributed by atoms with E-state index >= 15 is 0 Å². The van der Waals surface area contributed by atoms with Crippen LogP contribution >= 0.6 is 15.9 Å². The molecule has 7 nitrogen and oxygen atoms in total. The molecule has 1 aliphatic carbocycles. The summed E-state index contributed by atoms with van der Waals surface area (Å²) < 4.78 is 16.3. The average molecular weight is 360 g/mol. The summed E-state index contributed by atoms with van der Waals surface area (Å²) in [6.45, 7) is 0.635. The number of methoxy groups -OCH3 is 1. The van der Waals surface area contributed by atoms with Gasteiger partial charge in [-0.2, -0.15) is 0 Å². The predicted molar refractivity (Wildman–Crippen MR) is 76.5 cm³/mol. The Morgan fingerprint density at radius 2 is 2.19 bits per heavy atom. The lowest BCUT2D eigenvalue weighted by Crippen LogP contribution is -2.52. The standard InChI is InChI=1S/C13H14BrNO6/c1-19-5-6-20-13-10(16)7-11(13)21-12-8(14)3-2-4-9(12)15(17)18/h2-4,11,13H,5-7H2,1H3. The van der Waals surface area contributed by atoms with Gasteiger partial charge in [0.05, 0.1) is 22.6 Å². The summed E-state index contributed by atoms with van der Waals surface area (Å²) in [5.74, 6) is 0.0335. The van der Waals surface area contributed by atoms with Crippen LogP contribution in [0.1, 0.15) is 6.42 Å². The largest absolute Gasteiger partial charge is 0.479 e. The maximum atomic E-state index is 11.5. The molecule has 114 valence electrons. The number of hydrogen-bond donors (Lipinski definition) is 0. The van der Waals surface area contributed by atoms with Crippen molar-refractivity contribution in [3.63, 3.8) is 0 Å². The Kier molecular flexibility index (Phi) is 5.27. The minimum atomic E-state index is -0.702. The number of halogens is 1. The third kappa shape index (κ3) is 3.58. The Morgan fingerprint density at radius 3 is 2.81 bits per heavy atom. The van der Waals surface area contributed by atoms with Crippen molar-refractivity contribution >= 4 is 27.4 Å². The smallest absolute Gasteiger partial charge is 0.312 e. The normalized spacial score (nSPS) is 21.0. The van der Waals surface area contributed by atoms with Crippen LogP contribution in [0.5, 0.6) is 5.75 Å². The number of nitro groups is 1. The Hall–Kier alpha value is -1.51. The molecule has 8 heteroatoms. The van der Waals surface area contributed by atoms with Crippen LogP contribution in [-0.2, 0) is 14.3 Å². The van der Waals surface area contributed by atoms with Crippen LogP contribution < -0.4 is 4.74 Å². The fourth-order valence-corrected chi connectivity index (χ4v) is 2.39. The number of nitrogens with zero attached hydrogens (tertiary/aromatic N) is 1. The molecule has 0 bridgehead atoms. The van der Waals surface area contributed by atoms with E-state index in [1.165, 1.54) is 13.2 Å². The highest BCUT2D eigenvalue weighted by Gasteiger charge is 2.43. The first-order valence-corrected chi connectivity index (χ1v) is 7.06. The van der Waals surface area contributed by atoms with Crippen LogP contribution in [0, 0.1) is 10.1 Å². The van der Waals surface area contributed by atoms with Gasteiger partial charge in [-0.05, 0) is 22.0 Å². The maximum absolute atomic E-state index is 11.5. The van der Waals surface area contributed by atoms with E-state index in [-0.39, 0.29) is 30.2 Å². The van der Waals surface area contributed by atoms with Crippen LogP contribution in [0.15, 0.2) is 22.7 Å². The summed E-state index contributed by atoms with van der Waals surface area (Å²) in [5.41, 5.74) is -0.153. The zero-order chi connectivity index (χ0) is 15.4. The van der Waals surface area contributed by atoms with Gasteiger partial charge in [-0.15, -0.1) is 0 Å². The Balaban J connectivity index is 2.08. The second-order valence-electron chi connectivity index (χ2n) is 4.46. The lowest BCUT2D eigenvalue weighted by Gasteiger charge is -2.34. The Labute approximate surface area is 129 Å². The van der Waals surface area contributed by atoms with E-state index in [4.69, 9.17) is 14.2 Å². The van der Waals surface area contributed by atoms with Gasteiger partial charge in [0.15, 0.2) is 11.9 Å². The van der Waals surface area contributed by atoms with Crippen LogP contribution in [0.25, 0.3) is 0 Å². The SMILES string of the molecule is COCCOC1C(=O)CC1Oc1c(Br)cccc1[N+](=O)[O-]. The molecule has 0 heterocycles. The van der Waals surface area contributed by atoms with Crippen molar-refractivity contribution in [3.8, 4) is 5.75 Å². The van der Waals surface area contributed by atoms with Crippen LogP contribution in [-0.4, -0.2) is 43.2 Å². The second-order valence-corrected chi connectivity index (χ2v) is 5.31. The van der Waals surface area contributed by atoms with E-state index in [0.29, 0.717) is 11.1 Å². The molecule has 1 aromatic carbocycles. The van der Waals surface area contributed by atoms with E-state index in [1.54, 1.807) is 12.1 Å². The van der Waals surface area contributed by atoms with Crippen molar-refractivity contribution < 1.29 is 23.9 Å². The molecule has 1 saturated carbocycles. The summed E-state index contributed by atoms with van der Waals surface area (Å²) in [7, 11) is 1.53. The number of carbonyl (C=O) groups excluding carboxylic acids is 1. The molecule has 1 aliphatic rings. The molecule has 2 unspecified atom stereocenters. The molecule has 1 fully saturated rings. The number of nitro benzene ring substituents is 1. The highest BCUT2D eigenvalue weighted by Crippen LogP contribution is 2.38. The number of para-hydroxylation sites is 1. The molecule has 21 heavy (non-hydrogen) atoms. The zero-order valence-corrected chi connectivity index (χ0v) is 12.9. The van der Waals surface area contributed by atoms with E-state index in [9.17, 15) is 14.9 Å². The predicted octanol–water partition coefficient (Wildman–Crippen LogP) is 2.11. The molecule has 0 aliphatic heterocycles. The second kappa shape index (κ2) is 6.97. The topological polar surface area (TPSA) is 87.9 Å². The first-order chi connectivity index (χ1) is 10.0. The third-order valence-electron chi connectivity index (χ3n) is 3.05. The van der Waals surface area contributed by atoms with Crippen molar-refractivity contribution in [3.05, 3.63) is 32.8 Å². The molecule has 2 atom stereocenters. The van der Waals surface area contributed by atoms with E-state index in [2.05, 4.69) is 15.9 Å². The average Bonchev–Trinajstić information content (AvgIpc) is 2.44. The number of ketones is 1. The van der Waals surface area contributed by atoms with Crippen molar-refractivity contribution in [2.24, 2.45) is 0 Å². The van der Waals surface area contributed by atoms with Gasteiger partial charge in [0.1, 0.15) is 6.10 Å². The van der Waals surface area contributed by atoms with Crippen molar-refractivity contribution in [1.82, 2.24) is 0 Å². The quantitative estimate of drug-likeness (QED) is 0.420. The lowest BCUT2D eigenvalue weighted by atomic mass is 9.90. The molecule has 0 aromatic heterocycles. The highest BCUT2D eigenvalue weighted by molar-refractivity contribution is 9.10. The number of hydrogen-bond acceptors (Lipinski definition) is 6. The van der Waals surface area contributed by atoms with Gasteiger partial charge in [0.2, 0.25) is 5.75 Å². The maximum Gasteiger partial charge on any atom is 0.312 e. The summed E-state index contributed by atoms with van der Waals surface area (Å²) >= 11 is 3.22. The number of Topliss-reactive ketones (excluding diaryl/α,β-unsaturated/α-hetero) is 1. The summed E-state index contributed by atoms with van der Waals surface area (Å²) in [6, 6.07) is 4.54. The lowest BCUT2D eigenvalue weighted by molar-refractivity contribution is -0.386. The molecule has 0 amide bonds. The summed E-state index contributed by atoms with van der Waals surface area (Å²) in [4.78, 5) is 22.0. The third-order valence-corrected chi connectivity index (χ3v) is 3.68. The molecule has 0 N–H and O–H groups in total. The summed E-state index contributed by atoms with van der Waals surface area (Å²) in [5, 5.41) is 11.0. The minimum Gasteiger partial charge on any atom is -0.479 e. The molecule has 0 spiro atoms. The van der Waals surface area contributed by atoms with Gasteiger partial charge in [-0.1, -0.05) is 6.07 Å². The van der Waals surface area contributed by atoms with Crippen molar-refractivity contribution in [2.45, 2.75) is 18.6 Å². The van der Waals surface area contributed by atoms with Crippen molar-refractivity contribution in [1.29, 1.82) is 0 Å². The van der Waals surface area contributed by atoms with Crippen molar-refractivity contribution in [2.75, 3.05) is 20.3 Å². The summed E-state index contributed by atoms with van der Waals surface area (Å²) in [6.07, 6.45) is -1.05.